The van der Waals surface area contributed by atoms with Crippen LogP contribution in [0.1, 0.15) is 62.7 Å². The van der Waals surface area contributed by atoms with Gasteiger partial charge in [-0.15, -0.1) is 0 Å². The second-order valence-electron chi connectivity index (χ2n) is 11.2. The summed E-state index contributed by atoms with van der Waals surface area (Å²) in [5.74, 6) is -1.89. The number of piperazine rings is 1. The molecule has 1 N–H and O–H groups in total. The quantitative estimate of drug-likeness (QED) is 0.489. The maximum atomic E-state index is 13.3. The first-order valence-electron chi connectivity index (χ1n) is 13.9. The summed E-state index contributed by atoms with van der Waals surface area (Å²) in [6.07, 6.45) is 1.37. The number of carbonyl (C=O) groups excluding carboxylic acids is 4. The Hall–Kier alpha value is -4.14. The van der Waals surface area contributed by atoms with Crippen molar-refractivity contribution in [1.82, 2.24) is 20.0 Å². The minimum Gasteiger partial charge on any atom is -0.295 e. The van der Waals surface area contributed by atoms with E-state index in [0.29, 0.717) is 29.8 Å². The van der Waals surface area contributed by atoms with Crippen LogP contribution in [-0.4, -0.2) is 69.5 Å². The summed E-state index contributed by atoms with van der Waals surface area (Å²) in [4.78, 5) is 56.4. The number of benzene rings is 3. The molecule has 4 amide bonds. The zero-order valence-electron chi connectivity index (χ0n) is 22.0. The van der Waals surface area contributed by atoms with E-state index < -0.39 is 23.8 Å². The summed E-state index contributed by atoms with van der Waals surface area (Å²) < 4.78 is 0. The Morgan fingerprint density at radius 1 is 0.775 bits per heavy atom. The minimum atomic E-state index is -0.948. The number of imide groups is 2. The average molecular weight is 535 g/mol. The zero-order valence-corrected chi connectivity index (χ0v) is 22.0. The summed E-state index contributed by atoms with van der Waals surface area (Å²) >= 11 is 0. The van der Waals surface area contributed by atoms with E-state index in [9.17, 15) is 19.2 Å². The van der Waals surface area contributed by atoms with E-state index >= 15 is 0 Å². The van der Waals surface area contributed by atoms with E-state index in [1.165, 1.54) is 11.1 Å². The van der Waals surface area contributed by atoms with Crippen molar-refractivity contribution in [2.75, 3.05) is 13.1 Å². The molecule has 3 aromatic carbocycles. The molecular formula is C32H30N4O4. The highest BCUT2D eigenvalue weighted by Gasteiger charge is 2.47. The predicted molar refractivity (Wildman–Crippen MR) is 147 cm³/mol. The number of rotatable bonds is 6. The lowest BCUT2D eigenvalue weighted by Crippen LogP contribution is -2.54. The highest BCUT2D eigenvalue weighted by molar-refractivity contribution is 6.23. The molecule has 7 rings (SSSR count). The van der Waals surface area contributed by atoms with Gasteiger partial charge in [-0.3, -0.25) is 39.2 Å². The van der Waals surface area contributed by atoms with Crippen molar-refractivity contribution in [2.24, 2.45) is 0 Å². The van der Waals surface area contributed by atoms with Gasteiger partial charge in [-0.25, -0.2) is 0 Å². The predicted octanol–water partition coefficient (Wildman–Crippen LogP) is 3.14. The highest BCUT2D eigenvalue weighted by Crippen LogP contribution is 2.40. The van der Waals surface area contributed by atoms with Crippen molar-refractivity contribution >= 4 is 23.6 Å². The lowest BCUT2D eigenvalue weighted by atomic mass is 9.96. The fraction of sp³-hybridized carbons (Fsp3) is 0.312. The van der Waals surface area contributed by atoms with Crippen LogP contribution >= 0.6 is 0 Å². The summed E-state index contributed by atoms with van der Waals surface area (Å²) in [6, 6.07) is 26.9. The average Bonchev–Trinajstić information content (AvgIpc) is 3.62. The fourth-order valence-corrected chi connectivity index (χ4v) is 6.99. The van der Waals surface area contributed by atoms with Gasteiger partial charge in [0.25, 0.3) is 11.8 Å². The number of piperidine rings is 1. The van der Waals surface area contributed by atoms with Crippen molar-refractivity contribution in [2.45, 2.75) is 50.0 Å². The summed E-state index contributed by atoms with van der Waals surface area (Å²) in [7, 11) is 0. The van der Waals surface area contributed by atoms with Crippen LogP contribution in [0.5, 0.6) is 0 Å². The monoisotopic (exact) mass is 534 g/mol. The highest BCUT2D eigenvalue weighted by atomic mass is 16.2. The molecule has 1 unspecified atom stereocenters. The number of likely N-dealkylation sites (tertiary alicyclic amines) is 2. The first-order valence-corrected chi connectivity index (χ1v) is 13.9. The van der Waals surface area contributed by atoms with Crippen LogP contribution in [0.25, 0.3) is 0 Å². The van der Waals surface area contributed by atoms with Crippen LogP contribution in [0.2, 0.25) is 0 Å². The van der Waals surface area contributed by atoms with Gasteiger partial charge in [0.05, 0.1) is 17.2 Å². The van der Waals surface area contributed by atoms with Crippen LogP contribution < -0.4 is 5.32 Å². The van der Waals surface area contributed by atoms with E-state index in [4.69, 9.17) is 0 Å². The van der Waals surface area contributed by atoms with Crippen LogP contribution in [0.15, 0.2) is 78.9 Å². The minimum absolute atomic E-state index is 0.110. The summed E-state index contributed by atoms with van der Waals surface area (Å²) in [5.41, 5.74) is 4.24. The summed E-state index contributed by atoms with van der Waals surface area (Å²) in [6.45, 7) is 2.60. The number of nitrogens with one attached hydrogen (secondary N) is 1. The molecule has 8 heteroatoms. The number of amides is 4. The molecular weight excluding hydrogens is 504 g/mol. The Kier molecular flexibility index (Phi) is 6.09. The van der Waals surface area contributed by atoms with Crippen LogP contribution in [0.3, 0.4) is 0 Å². The third-order valence-corrected chi connectivity index (χ3v) is 8.85. The van der Waals surface area contributed by atoms with Crippen molar-refractivity contribution < 1.29 is 19.2 Å². The molecule has 0 aromatic heterocycles. The third kappa shape index (κ3) is 4.15. The molecule has 4 aliphatic heterocycles. The number of hydrogen-bond donors (Lipinski definition) is 1. The molecule has 0 saturated carbocycles. The normalized spacial score (nSPS) is 24.7. The molecule has 3 aromatic rings. The van der Waals surface area contributed by atoms with Crippen molar-refractivity contribution in [3.63, 3.8) is 0 Å². The van der Waals surface area contributed by atoms with Gasteiger partial charge in [0.1, 0.15) is 6.04 Å². The lowest BCUT2D eigenvalue weighted by Gasteiger charge is -2.39. The zero-order chi connectivity index (χ0) is 27.4. The van der Waals surface area contributed by atoms with Gasteiger partial charge in [0.15, 0.2) is 0 Å². The maximum absolute atomic E-state index is 13.3. The van der Waals surface area contributed by atoms with E-state index in [2.05, 4.69) is 75.8 Å². The van der Waals surface area contributed by atoms with E-state index in [-0.39, 0.29) is 24.8 Å². The Balaban J connectivity index is 1.07. The van der Waals surface area contributed by atoms with E-state index in [0.717, 1.165) is 30.0 Å². The Morgan fingerprint density at radius 2 is 1.45 bits per heavy atom. The van der Waals surface area contributed by atoms with Crippen LogP contribution in [0.4, 0.5) is 0 Å². The van der Waals surface area contributed by atoms with Gasteiger partial charge >= 0.3 is 0 Å². The van der Waals surface area contributed by atoms with Crippen LogP contribution in [0, 0.1) is 0 Å². The molecule has 0 aliphatic carbocycles. The van der Waals surface area contributed by atoms with Gasteiger partial charge in [-0.2, -0.15) is 0 Å². The maximum Gasteiger partial charge on any atom is 0.262 e. The number of carbonyl (C=O) groups is 4. The van der Waals surface area contributed by atoms with Crippen molar-refractivity contribution in [1.29, 1.82) is 0 Å². The molecule has 3 saturated heterocycles. The first-order chi connectivity index (χ1) is 19.5. The van der Waals surface area contributed by atoms with Gasteiger partial charge in [-0.05, 0) is 41.7 Å². The number of hydrogen-bond acceptors (Lipinski definition) is 6. The lowest BCUT2D eigenvalue weighted by molar-refractivity contribution is -0.136. The summed E-state index contributed by atoms with van der Waals surface area (Å²) in [5, 5.41) is 2.25. The molecule has 0 spiro atoms. The molecule has 3 atom stereocenters. The number of fused-ring (bicyclic) bond motifs is 3. The molecule has 3 fully saturated rings. The molecule has 202 valence electrons. The number of nitrogens with zero attached hydrogens (tertiary/aromatic N) is 3. The third-order valence-electron chi connectivity index (χ3n) is 8.85. The molecule has 4 aliphatic rings. The topological polar surface area (TPSA) is 90.0 Å². The molecule has 0 radical (unpaired) electrons. The SMILES string of the molecule is O=C1CCC(N2C(=O)c3ccc(CN4C[C@H]5C[C@@H]4CN5C(c4ccccc4)c4ccccc4)cc3C2=O)C(=O)N1. The molecule has 8 nitrogen and oxygen atoms in total. The van der Waals surface area contributed by atoms with Crippen molar-refractivity contribution in [3.8, 4) is 0 Å². The second-order valence-corrected chi connectivity index (χ2v) is 11.2. The largest absolute Gasteiger partial charge is 0.295 e. The fourth-order valence-electron chi connectivity index (χ4n) is 6.99. The van der Waals surface area contributed by atoms with Gasteiger partial charge in [0.2, 0.25) is 11.8 Å². The molecule has 40 heavy (non-hydrogen) atoms. The first kappa shape index (κ1) is 24.9. The van der Waals surface area contributed by atoms with Gasteiger partial charge < -0.3 is 0 Å². The standard InChI is InChI=1S/C32H30N4O4/c37-28-14-13-27(30(38)33-28)36-31(39)25-12-11-20(15-26(25)32(36)40)17-34-18-24-16-23(34)19-35(24)29(21-7-3-1-4-8-21)22-9-5-2-6-10-22/h1-12,15,23-24,27,29H,13-14,16-19H2,(H,33,37,38)/t23-,24-,27?/m1/s1. The van der Waals surface area contributed by atoms with Gasteiger partial charge in [-0.1, -0.05) is 66.7 Å². The van der Waals surface area contributed by atoms with Crippen molar-refractivity contribution in [3.05, 3.63) is 107 Å². The van der Waals surface area contributed by atoms with Crippen LogP contribution in [-0.2, 0) is 16.1 Å². The smallest absolute Gasteiger partial charge is 0.262 e. The second kappa shape index (κ2) is 9.80. The Bertz CT molecular complexity index is 1470. The van der Waals surface area contributed by atoms with Gasteiger partial charge in [0, 0.05) is 38.1 Å². The Labute approximate surface area is 232 Å². The van der Waals surface area contributed by atoms with E-state index in [1.54, 1.807) is 6.07 Å². The molecule has 2 bridgehead atoms. The van der Waals surface area contributed by atoms with E-state index in [1.807, 2.05) is 12.1 Å². The molecule has 4 heterocycles. The Morgan fingerprint density at radius 3 is 2.08 bits per heavy atom.